The van der Waals surface area contributed by atoms with Gasteiger partial charge in [0.05, 0.1) is 5.69 Å². The summed E-state index contributed by atoms with van der Waals surface area (Å²) in [6, 6.07) is 5.48. The molecule has 16 heavy (non-hydrogen) atoms. The Hall–Kier alpha value is -1.09. The van der Waals surface area contributed by atoms with Crippen LogP contribution in [0.4, 0.5) is 10.1 Å². The molecule has 0 aliphatic rings. The number of nitrogen functional groups attached to an aromatic ring is 1. The van der Waals surface area contributed by atoms with E-state index in [2.05, 4.69) is 18.7 Å². The zero-order valence-corrected chi connectivity index (χ0v) is 10.3. The summed E-state index contributed by atoms with van der Waals surface area (Å²) in [7, 11) is 2.05. The maximum atomic E-state index is 13.2. The van der Waals surface area contributed by atoms with Crippen LogP contribution in [0.5, 0.6) is 0 Å². The number of halogens is 1. The maximum absolute atomic E-state index is 13.2. The lowest BCUT2D eigenvalue weighted by Crippen LogP contribution is -2.28. The van der Waals surface area contributed by atoms with Crippen molar-refractivity contribution in [3.05, 3.63) is 29.6 Å². The Bertz CT molecular complexity index is 339. The van der Waals surface area contributed by atoms with Gasteiger partial charge in [0.1, 0.15) is 5.82 Å². The smallest absolute Gasteiger partial charge is 0.146 e. The molecule has 2 nitrogen and oxygen atoms in total. The van der Waals surface area contributed by atoms with Crippen molar-refractivity contribution < 1.29 is 4.39 Å². The molecule has 0 aliphatic heterocycles. The lowest BCUT2D eigenvalue weighted by molar-refractivity contribution is 0.237. The highest BCUT2D eigenvalue weighted by molar-refractivity contribution is 5.47. The summed E-state index contributed by atoms with van der Waals surface area (Å²) in [6.45, 7) is 5.05. The number of benzene rings is 1. The fraction of sp³-hybridized carbons (Fsp3) is 0.538. The van der Waals surface area contributed by atoms with Crippen LogP contribution in [0.15, 0.2) is 18.2 Å². The average molecular weight is 224 g/mol. The second-order valence-electron chi connectivity index (χ2n) is 4.37. The lowest BCUT2D eigenvalue weighted by Gasteiger charge is -2.25. The molecular weight excluding hydrogens is 203 g/mol. The summed E-state index contributed by atoms with van der Waals surface area (Å²) < 4.78 is 13.2. The molecule has 0 amide bonds. The van der Waals surface area contributed by atoms with Crippen LogP contribution >= 0.6 is 0 Å². The Balaban J connectivity index is 2.69. The molecule has 1 rings (SSSR count). The van der Waals surface area contributed by atoms with Crippen LogP contribution in [0, 0.1) is 5.82 Å². The standard InChI is InChI=1S/C13H21FN2/c1-4-6-10(2)16(3)9-11-7-5-8-12(14)13(11)15/h5,7-8,10H,4,6,9,15H2,1-3H3. The summed E-state index contributed by atoms with van der Waals surface area (Å²) >= 11 is 0. The number of rotatable bonds is 5. The van der Waals surface area contributed by atoms with E-state index in [9.17, 15) is 4.39 Å². The fourth-order valence-electron chi connectivity index (χ4n) is 1.78. The molecule has 0 bridgehead atoms. The Morgan fingerprint density at radius 1 is 1.44 bits per heavy atom. The molecule has 0 aromatic heterocycles. The summed E-state index contributed by atoms with van der Waals surface area (Å²) in [5, 5.41) is 0. The molecule has 0 saturated heterocycles. The molecule has 0 spiro atoms. The minimum atomic E-state index is -0.325. The van der Waals surface area contributed by atoms with Gasteiger partial charge in [0.2, 0.25) is 0 Å². The molecule has 1 atom stereocenters. The van der Waals surface area contributed by atoms with Crippen molar-refractivity contribution in [3.8, 4) is 0 Å². The van der Waals surface area contributed by atoms with E-state index < -0.39 is 0 Å². The first-order valence-corrected chi connectivity index (χ1v) is 5.79. The maximum Gasteiger partial charge on any atom is 0.146 e. The number of hydrogen-bond acceptors (Lipinski definition) is 2. The van der Waals surface area contributed by atoms with Crippen LogP contribution in [-0.4, -0.2) is 18.0 Å². The number of hydrogen-bond donors (Lipinski definition) is 1. The van der Waals surface area contributed by atoms with Crippen molar-refractivity contribution in [2.45, 2.75) is 39.3 Å². The average Bonchev–Trinajstić information content (AvgIpc) is 2.25. The predicted molar refractivity (Wildman–Crippen MR) is 66.6 cm³/mol. The first-order valence-electron chi connectivity index (χ1n) is 5.79. The van der Waals surface area contributed by atoms with Crippen molar-refractivity contribution in [1.82, 2.24) is 4.90 Å². The van der Waals surface area contributed by atoms with E-state index in [1.165, 1.54) is 6.07 Å². The SMILES string of the molecule is CCCC(C)N(C)Cc1cccc(F)c1N. The number of nitrogens with two attached hydrogens (primary N) is 1. The van der Waals surface area contributed by atoms with Crippen molar-refractivity contribution in [2.75, 3.05) is 12.8 Å². The van der Waals surface area contributed by atoms with Crippen molar-refractivity contribution >= 4 is 5.69 Å². The summed E-state index contributed by atoms with van der Waals surface area (Å²) in [4.78, 5) is 2.20. The van der Waals surface area contributed by atoms with Gasteiger partial charge in [-0.1, -0.05) is 25.5 Å². The van der Waals surface area contributed by atoms with E-state index in [4.69, 9.17) is 5.73 Å². The molecule has 0 heterocycles. The van der Waals surface area contributed by atoms with Gasteiger partial charge < -0.3 is 5.73 Å². The van der Waals surface area contributed by atoms with Gasteiger partial charge in [-0.05, 0) is 32.0 Å². The lowest BCUT2D eigenvalue weighted by atomic mass is 10.1. The van der Waals surface area contributed by atoms with Gasteiger partial charge in [-0.25, -0.2) is 4.39 Å². The molecule has 90 valence electrons. The first-order chi connectivity index (χ1) is 7.56. The number of para-hydroxylation sites is 1. The van der Waals surface area contributed by atoms with Crippen LogP contribution in [0.2, 0.25) is 0 Å². The third-order valence-electron chi connectivity index (χ3n) is 3.02. The van der Waals surface area contributed by atoms with Crippen molar-refractivity contribution in [2.24, 2.45) is 0 Å². The first kappa shape index (κ1) is 13.0. The largest absolute Gasteiger partial charge is 0.396 e. The number of nitrogens with zero attached hydrogens (tertiary/aromatic N) is 1. The third kappa shape index (κ3) is 3.20. The second-order valence-corrected chi connectivity index (χ2v) is 4.37. The van der Waals surface area contributed by atoms with E-state index in [0.717, 1.165) is 18.4 Å². The van der Waals surface area contributed by atoms with Gasteiger partial charge in [-0.15, -0.1) is 0 Å². The van der Waals surface area contributed by atoms with Crippen LogP contribution in [0.25, 0.3) is 0 Å². The van der Waals surface area contributed by atoms with Crippen LogP contribution in [-0.2, 0) is 6.54 Å². The zero-order valence-electron chi connectivity index (χ0n) is 10.3. The molecular formula is C13H21FN2. The molecule has 1 aromatic rings. The molecule has 0 fully saturated rings. The Morgan fingerprint density at radius 3 is 2.75 bits per heavy atom. The van der Waals surface area contributed by atoms with Gasteiger partial charge in [0, 0.05) is 12.6 Å². The van der Waals surface area contributed by atoms with E-state index in [1.807, 2.05) is 13.1 Å². The van der Waals surface area contributed by atoms with Crippen molar-refractivity contribution in [1.29, 1.82) is 0 Å². The Labute approximate surface area is 97.3 Å². The van der Waals surface area contributed by atoms with E-state index in [-0.39, 0.29) is 11.5 Å². The van der Waals surface area contributed by atoms with Crippen LogP contribution in [0.1, 0.15) is 32.3 Å². The van der Waals surface area contributed by atoms with E-state index in [0.29, 0.717) is 12.6 Å². The fourth-order valence-corrected chi connectivity index (χ4v) is 1.78. The summed E-state index contributed by atoms with van der Waals surface area (Å²) in [5.41, 5.74) is 6.85. The molecule has 3 heteroatoms. The van der Waals surface area contributed by atoms with Crippen LogP contribution in [0.3, 0.4) is 0 Å². The minimum absolute atomic E-state index is 0.276. The summed E-state index contributed by atoms with van der Waals surface area (Å²) in [5.74, 6) is -0.325. The van der Waals surface area contributed by atoms with Gasteiger partial charge in [0.25, 0.3) is 0 Å². The number of anilines is 1. The van der Waals surface area contributed by atoms with Crippen LogP contribution < -0.4 is 5.73 Å². The molecule has 2 N–H and O–H groups in total. The highest BCUT2D eigenvalue weighted by Gasteiger charge is 2.11. The Morgan fingerprint density at radius 2 is 2.12 bits per heavy atom. The molecule has 0 radical (unpaired) electrons. The quantitative estimate of drug-likeness (QED) is 0.779. The molecule has 0 aliphatic carbocycles. The van der Waals surface area contributed by atoms with E-state index in [1.54, 1.807) is 6.07 Å². The normalized spacial score (nSPS) is 13.1. The van der Waals surface area contributed by atoms with Crippen molar-refractivity contribution in [3.63, 3.8) is 0 Å². The highest BCUT2D eigenvalue weighted by Crippen LogP contribution is 2.18. The third-order valence-corrected chi connectivity index (χ3v) is 3.02. The highest BCUT2D eigenvalue weighted by atomic mass is 19.1. The van der Waals surface area contributed by atoms with Gasteiger partial charge >= 0.3 is 0 Å². The molecule has 1 unspecified atom stereocenters. The minimum Gasteiger partial charge on any atom is -0.396 e. The monoisotopic (exact) mass is 224 g/mol. The second kappa shape index (κ2) is 5.85. The topological polar surface area (TPSA) is 29.3 Å². The van der Waals surface area contributed by atoms with Gasteiger partial charge in [-0.2, -0.15) is 0 Å². The molecule has 1 aromatic carbocycles. The van der Waals surface area contributed by atoms with Gasteiger partial charge in [0.15, 0.2) is 0 Å². The van der Waals surface area contributed by atoms with E-state index >= 15 is 0 Å². The predicted octanol–water partition coefficient (Wildman–Crippen LogP) is 3.03. The zero-order chi connectivity index (χ0) is 12.1. The Kier molecular flexibility index (Phi) is 4.74. The molecule has 0 saturated carbocycles. The summed E-state index contributed by atoms with van der Waals surface area (Å²) in [6.07, 6.45) is 2.30. The van der Waals surface area contributed by atoms with Gasteiger partial charge in [-0.3, -0.25) is 4.90 Å².